The van der Waals surface area contributed by atoms with Crippen LogP contribution in [0.1, 0.15) is 32.5 Å². The van der Waals surface area contributed by atoms with Gasteiger partial charge in [-0.1, -0.05) is 12.1 Å². The predicted octanol–water partition coefficient (Wildman–Crippen LogP) is 2.60. The Kier molecular flexibility index (Phi) is 5.16. The van der Waals surface area contributed by atoms with Gasteiger partial charge in [-0.2, -0.15) is 4.98 Å². The third-order valence-corrected chi connectivity index (χ3v) is 3.03. The molecule has 1 atom stereocenters. The molecule has 21 heavy (non-hydrogen) atoms. The zero-order chi connectivity index (χ0) is 15.2. The highest BCUT2D eigenvalue weighted by atomic mass is 16.5. The fraction of sp³-hybridized carbons (Fsp3) is 0.467. The van der Waals surface area contributed by atoms with E-state index in [9.17, 15) is 0 Å². The van der Waals surface area contributed by atoms with Gasteiger partial charge in [0.15, 0.2) is 17.3 Å². The number of nitrogens with two attached hydrogens (primary N) is 1. The lowest BCUT2D eigenvalue weighted by molar-refractivity contribution is 0.288. The van der Waals surface area contributed by atoms with E-state index in [4.69, 9.17) is 19.7 Å². The lowest BCUT2D eigenvalue weighted by atomic mass is 10.1. The van der Waals surface area contributed by atoms with E-state index in [1.165, 1.54) is 0 Å². The summed E-state index contributed by atoms with van der Waals surface area (Å²) < 4.78 is 16.4. The van der Waals surface area contributed by atoms with E-state index in [2.05, 4.69) is 10.1 Å². The molecule has 0 saturated carbocycles. The number of rotatable bonds is 7. The predicted molar refractivity (Wildman–Crippen MR) is 79.5 cm³/mol. The van der Waals surface area contributed by atoms with Crippen LogP contribution in [-0.4, -0.2) is 29.9 Å². The van der Waals surface area contributed by atoms with Crippen LogP contribution in [-0.2, 0) is 0 Å². The highest BCUT2D eigenvalue weighted by Crippen LogP contribution is 2.32. The van der Waals surface area contributed by atoms with Crippen molar-refractivity contribution in [3.8, 4) is 23.0 Å². The first-order chi connectivity index (χ1) is 10.2. The van der Waals surface area contributed by atoms with Crippen molar-refractivity contribution >= 4 is 0 Å². The molecule has 0 bridgehead atoms. The second-order valence-electron chi connectivity index (χ2n) is 4.62. The third kappa shape index (κ3) is 3.52. The minimum Gasteiger partial charge on any atom is -0.490 e. The van der Waals surface area contributed by atoms with Crippen molar-refractivity contribution in [2.75, 3.05) is 19.8 Å². The smallest absolute Gasteiger partial charge is 0.258 e. The van der Waals surface area contributed by atoms with Crippen molar-refractivity contribution in [1.82, 2.24) is 10.1 Å². The quantitative estimate of drug-likeness (QED) is 0.844. The summed E-state index contributed by atoms with van der Waals surface area (Å²) in [5, 5.41) is 3.96. The maximum Gasteiger partial charge on any atom is 0.258 e. The van der Waals surface area contributed by atoms with E-state index < -0.39 is 0 Å². The largest absolute Gasteiger partial charge is 0.490 e. The van der Waals surface area contributed by atoms with Gasteiger partial charge in [0.1, 0.15) is 0 Å². The summed E-state index contributed by atoms with van der Waals surface area (Å²) in [5.41, 5.74) is 6.41. The Morgan fingerprint density at radius 2 is 1.90 bits per heavy atom. The van der Waals surface area contributed by atoms with E-state index in [1.807, 2.05) is 39.0 Å². The fourth-order valence-electron chi connectivity index (χ4n) is 1.84. The average molecular weight is 291 g/mol. The summed E-state index contributed by atoms with van der Waals surface area (Å²) in [4.78, 5) is 4.37. The Bertz CT molecular complexity index is 583. The molecular weight excluding hydrogens is 270 g/mol. The molecule has 0 radical (unpaired) electrons. The molecule has 1 aromatic carbocycles. The van der Waals surface area contributed by atoms with Gasteiger partial charge in [-0.15, -0.1) is 0 Å². The molecule has 0 amide bonds. The van der Waals surface area contributed by atoms with Crippen molar-refractivity contribution in [1.29, 1.82) is 0 Å². The fourth-order valence-corrected chi connectivity index (χ4v) is 1.84. The van der Waals surface area contributed by atoms with Crippen LogP contribution in [0, 0.1) is 0 Å². The second-order valence-corrected chi connectivity index (χ2v) is 4.62. The summed E-state index contributed by atoms with van der Waals surface area (Å²) in [6.07, 6.45) is 0. The molecule has 0 spiro atoms. The van der Waals surface area contributed by atoms with Gasteiger partial charge in [-0.25, -0.2) is 0 Å². The molecule has 0 aliphatic heterocycles. The van der Waals surface area contributed by atoms with Crippen molar-refractivity contribution in [3.05, 3.63) is 24.0 Å². The number of benzene rings is 1. The maximum atomic E-state index is 5.61. The summed E-state index contributed by atoms with van der Waals surface area (Å²) >= 11 is 0. The third-order valence-electron chi connectivity index (χ3n) is 3.03. The van der Waals surface area contributed by atoms with Crippen LogP contribution in [0.5, 0.6) is 11.5 Å². The summed E-state index contributed by atoms with van der Waals surface area (Å²) in [6, 6.07) is 5.57. The summed E-state index contributed by atoms with van der Waals surface area (Å²) in [7, 11) is 0. The van der Waals surface area contributed by atoms with Crippen LogP contribution < -0.4 is 15.2 Å². The average Bonchev–Trinajstić information content (AvgIpc) is 2.98. The molecular formula is C15H21N3O3. The highest BCUT2D eigenvalue weighted by molar-refractivity contribution is 5.59. The van der Waals surface area contributed by atoms with Gasteiger partial charge in [0.25, 0.3) is 5.89 Å². The van der Waals surface area contributed by atoms with Crippen molar-refractivity contribution in [2.45, 2.75) is 26.7 Å². The lowest BCUT2D eigenvalue weighted by Crippen LogP contribution is -2.10. The van der Waals surface area contributed by atoms with Gasteiger partial charge >= 0.3 is 0 Å². The van der Waals surface area contributed by atoms with Crippen molar-refractivity contribution in [2.24, 2.45) is 5.73 Å². The Balaban J connectivity index is 2.31. The van der Waals surface area contributed by atoms with E-state index in [0.717, 1.165) is 5.56 Å². The summed E-state index contributed by atoms with van der Waals surface area (Å²) in [5.74, 6) is 2.51. The molecule has 0 fully saturated rings. The first-order valence-electron chi connectivity index (χ1n) is 7.13. The second kappa shape index (κ2) is 7.08. The Hall–Kier alpha value is -2.08. The normalized spacial score (nSPS) is 12.2. The molecule has 1 heterocycles. The van der Waals surface area contributed by atoms with Crippen LogP contribution >= 0.6 is 0 Å². The van der Waals surface area contributed by atoms with Gasteiger partial charge in [-0.05, 0) is 32.0 Å². The number of hydrogen-bond donors (Lipinski definition) is 1. The monoisotopic (exact) mass is 291 g/mol. The minimum absolute atomic E-state index is 0.0663. The van der Waals surface area contributed by atoms with Crippen LogP contribution in [0.15, 0.2) is 22.7 Å². The summed E-state index contributed by atoms with van der Waals surface area (Å²) in [6.45, 7) is 7.43. The van der Waals surface area contributed by atoms with Gasteiger partial charge in [0.05, 0.1) is 13.2 Å². The Labute approximate surface area is 124 Å². The molecule has 1 unspecified atom stereocenters. The number of nitrogens with zero attached hydrogens (tertiary/aromatic N) is 2. The SMILES string of the molecule is CCOc1ccc(-c2nc(C(C)CN)no2)cc1OCC. The number of aromatic nitrogens is 2. The van der Waals surface area contributed by atoms with Crippen LogP contribution in [0.25, 0.3) is 11.5 Å². The topological polar surface area (TPSA) is 83.4 Å². The Morgan fingerprint density at radius 1 is 1.19 bits per heavy atom. The standard InChI is InChI=1S/C15H21N3O3/c1-4-19-12-7-6-11(8-13(12)20-5-2)15-17-14(18-21-15)10(3)9-16/h6-8,10H,4-5,9,16H2,1-3H3. The van der Waals surface area contributed by atoms with Gasteiger partial charge in [0.2, 0.25) is 0 Å². The molecule has 1 aromatic heterocycles. The van der Waals surface area contributed by atoms with E-state index in [-0.39, 0.29) is 5.92 Å². The molecule has 2 rings (SSSR count). The van der Waals surface area contributed by atoms with E-state index in [1.54, 1.807) is 0 Å². The van der Waals surface area contributed by atoms with E-state index >= 15 is 0 Å². The zero-order valence-electron chi connectivity index (χ0n) is 12.6. The minimum atomic E-state index is 0.0663. The molecule has 0 saturated heterocycles. The van der Waals surface area contributed by atoms with Crippen LogP contribution in [0.4, 0.5) is 0 Å². The van der Waals surface area contributed by atoms with Crippen LogP contribution in [0.3, 0.4) is 0 Å². The molecule has 6 heteroatoms. The van der Waals surface area contributed by atoms with Crippen LogP contribution in [0.2, 0.25) is 0 Å². The number of ether oxygens (including phenoxy) is 2. The van der Waals surface area contributed by atoms with E-state index in [0.29, 0.717) is 43.0 Å². The maximum absolute atomic E-state index is 5.61. The van der Waals surface area contributed by atoms with Crippen molar-refractivity contribution < 1.29 is 14.0 Å². The highest BCUT2D eigenvalue weighted by Gasteiger charge is 2.15. The molecule has 2 N–H and O–H groups in total. The molecule has 0 aliphatic rings. The van der Waals surface area contributed by atoms with Gasteiger partial charge < -0.3 is 19.7 Å². The Morgan fingerprint density at radius 3 is 2.57 bits per heavy atom. The zero-order valence-corrected chi connectivity index (χ0v) is 12.6. The number of hydrogen-bond acceptors (Lipinski definition) is 6. The van der Waals surface area contributed by atoms with Gasteiger partial charge in [0, 0.05) is 18.0 Å². The van der Waals surface area contributed by atoms with Gasteiger partial charge in [-0.3, -0.25) is 0 Å². The first kappa shape index (κ1) is 15.3. The van der Waals surface area contributed by atoms with Crippen molar-refractivity contribution in [3.63, 3.8) is 0 Å². The molecule has 0 aliphatic carbocycles. The molecule has 2 aromatic rings. The molecule has 114 valence electrons. The molecule has 6 nitrogen and oxygen atoms in total. The first-order valence-corrected chi connectivity index (χ1v) is 7.13. The lowest BCUT2D eigenvalue weighted by Gasteiger charge is -2.11.